The van der Waals surface area contributed by atoms with Crippen LogP contribution in [-0.4, -0.2) is 18.1 Å². The van der Waals surface area contributed by atoms with Gasteiger partial charge in [-0.2, -0.15) is 5.26 Å². The van der Waals surface area contributed by atoms with Crippen molar-refractivity contribution in [3.05, 3.63) is 48.2 Å². The van der Waals surface area contributed by atoms with E-state index in [0.29, 0.717) is 30.4 Å². The molecule has 0 saturated carbocycles. The third kappa shape index (κ3) is 3.89. The maximum absolute atomic E-state index is 8.73. The van der Waals surface area contributed by atoms with Crippen molar-refractivity contribution >= 4 is 11.5 Å². The number of nitrogen functional groups attached to an aromatic ring is 1. The number of pyridine rings is 1. The van der Waals surface area contributed by atoms with Gasteiger partial charge < -0.3 is 15.8 Å². The highest BCUT2D eigenvalue weighted by molar-refractivity contribution is 5.43. The standard InChI is InChI=1S/C14H14N4O/c15-10-12-4-2-6-14(18-12)17-7-8-19-13-5-1-3-11(16)9-13/h1-6,9H,7-8,16H2,(H,17,18). The van der Waals surface area contributed by atoms with Gasteiger partial charge in [0.25, 0.3) is 0 Å². The maximum Gasteiger partial charge on any atom is 0.142 e. The van der Waals surface area contributed by atoms with Crippen LogP contribution in [0.25, 0.3) is 0 Å². The zero-order valence-corrected chi connectivity index (χ0v) is 10.3. The number of nitrogens with one attached hydrogen (secondary N) is 1. The van der Waals surface area contributed by atoms with Gasteiger partial charge >= 0.3 is 0 Å². The molecule has 0 spiro atoms. The monoisotopic (exact) mass is 254 g/mol. The lowest BCUT2D eigenvalue weighted by molar-refractivity contribution is 0.333. The van der Waals surface area contributed by atoms with Gasteiger partial charge in [-0.1, -0.05) is 12.1 Å². The summed E-state index contributed by atoms with van der Waals surface area (Å²) in [6, 6.07) is 14.5. The molecule has 1 aromatic carbocycles. The highest BCUT2D eigenvalue weighted by Crippen LogP contribution is 2.14. The van der Waals surface area contributed by atoms with Gasteiger partial charge in [-0.15, -0.1) is 0 Å². The molecule has 0 saturated heterocycles. The Hall–Kier alpha value is -2.74. The van der Waals surface area contributed by atoms with Gasteiger partial charge in [0.05, 0.1) is 6.54 Å². The first-order valence-electron chi connectivity index (χ1n) is 5.87. The van der Waals surface area contributed by atoms with Crippen molar-refractivity contribution in [3.8, 4) is 11.8 Å². The highest BCUT2D eigenvalue weighted by Gasteiger charge is 1.97. The van der Waals surface area contributed by atoms with E-state index in [-0.39, 0.29) is 0 Å². The lowest BCUT2D eigenvalue weighted by Crippen LogP contribution is -2.12. The van der Waals surface area contributed by atoms with Crippen molar-refractivity contribution in [2.45, 2.75) is 0 Å². The van der Waals surface area contributed by atoms with E-state index in [1.54, 1.807) is 24.3 Å². The molecule has 2 aromatic rings. The number of rotatable bonds is 5. The normalized spacial score (nSPS) is 9.63. The molecule has 0 unspecified atom stereocenters. The molecule has 0 aliphatic rings. The van der Waals surface area contributed by atoms with E-state index in [2.05, 4.69) is 10.3 Å². The summed E-state index contributed by atoms with van der Waals surface area (Å²) >= 11 is 0. The second-order valence-corrected chi connectivity index (χ2v) is 3.87. The van der Waals surface area contributed by atoms with Crippen LogP contribution >= 0.6 is 0 Å². The zero-order chi connectivity index (χ0) is 13.5. The van der Waals surface area contributed by atoms with Crippen LogP contribution in [-0.2, 0) is 0 Å². The quantitative estimate of drug-likeness (QED) is 0.630. The number of nitriles is 1. The first-order chi connectivity index (χ1) is 9.28. The summed E-state index contributed by atoms with van der Waals surface area (Å²) in [6.07, 6.45) is 0. The number of anilines is 2. The topological polar surface area (TPSA) is 84.0 Å². The minimum atomic E-state index is 0.391. The van der Waals surface area contributed by atoms with Crippen LogP contribution in [0.1, 0.15) is 5.69 Å². The zero-order valence-electron chi connectivity index (χ0n) is 10.3. The number of nitrogens with two attached hydrogens (primary N) is 1. The van der Waals surface area contributed by atoms with E-state index >= 15 is 0 Å². The average molecular weight is 254 g/mol. The fourth-order valence-electron chi connectivity index (χ4n) is 1.55. The molecule has 0 fully saturated rings. The largest absolute Gasteiger partial charge is 0.492 e. The van der Waals surface area contributed by atoms with Crippen LogP contribution in [0.4, 0.5) is 11.5 Å². The predicted octanol–water partition coefficient (Wildman–Crippen LogP) is 2.03. The van der Waals surface area contributed by atoms with E-state index in [0.717, 1.165) is 5.75 Å². The molecule has 19 heavy (non-hydrogen) atoms. The first kappa shape index (κ1) is 12.7. The Morgan fingerprint density at radius 1 is 1.26 bits per heavy atom. The molecule has 1 aromatic heterocycles. The summed E-state index contributed by atoms with van der Waals surface area (Å²) in [6.45, 7) is 1.08. The summed E-state index contributed by atoms with van der Waals surface area (Å²) in [4.78, 5) is 4.10. The summed E-state index contributed by atoms with van der Waals surface area (Å²) in [5.41, 5.74) is 6.71. The van der Waals surface area contributed by atoms with E-state index in [4.69, 9.17) is 15.7 Å². The molecular formula is C14H14N4O. The summed E-state index contributed by atoms with van der Waals surface area (Å²) in [7, 11) is 0. The van der Waals surface area contributed by atoms with Crippen LogP contribution in [0.3, 0.4) is 0 Å². The Kier molecular flexibility index (Phi) is 4.19. The van der Waals surface area contributed by atoms with Crippen LogP contribution < -0.4 is 15.8 Å². The molecule has 0 atom stereocenters. The van der Waals surface area contributed by atoms with Crippen molar-refractivity contribution in [2.75, 3.05) is 24.2 Å². The fourth-order valence-corrected chi connectivity index (χ4v) is 1.55. The Morgan fingerprint density at radius 2 is 2.11 bits per heavy atom. The molecule has 5 nitrogen and oxygen atoms in total. The molecule has 0 bridgehead atoms. The van der Waals surface area contributed by atoms with Crippen LogP contribution in [0.5, 0.6) is 5.75 Å². The van der Waals surface area contributed by atoms with E-state index in [1.807, 2.05) is 24.3 Å². The third-order valence-corrected chi connectivity index (χ3v) is 2.40. The van der Waals surface area contributed by atoms with Crippen molar-refractivity contribution in [2.24, 2.45) is 0 Å². The fraction of sp³-hybridized carbons (Fsp3) is 0.143. The molecule has 0 radical (unpaired) electrons. The van der Waals surface area contributed by atoms with Gasteiger partial charge in [-0.25, -0.2) is 4.98 Å². The predicted molar refractivity (Wildman–Crippen MR) is 73.8 cm³/mol. The van der Waals surface area contributed by atoms with E-state index in [9.17, 15) is 0 Å². The lowest BCUT2D eigenvalue weighted by Gasteiger charge is -2.08. The van der Waals surface area contributed by atoms with E-state index in [1.165, 1.54) is 0 Å². The van der Waals surface area contributed by atoms with Crippen molar-refractivity contribution in [3.63, 3.8) is 0 Å². The van der Waals surface area contributed by atoms with Crippen LogP contribution in [0.2, 0.25) is 0 Å². The minimum absolute atomic E-state index is 0.391. The SMILES string of the molecule is N#Cc1cccc(NCCOc2cccc(N)c2)n1. The Bertz CT molecular complexity index is 592. The highest BCUT2D eigenvalue weighted by atomic mass is 16.5. The molecular weight excluding hydrogens is 240 g/mol. The van der Waals surface area contributed by atoms with Crippen molar-refractivity contribution in [1.82, 2.24) is 4.98 Å². The smallest absolute Gasteiger partial charge is 0.142 e. The van der Waals surface area contributed by atoms with E-state index < -0.39 is 0 Å². The van der Waals surface area contributed by atoms with Gasteiger partial charge in [0, 0.05) is 11.8 Å². The average Bonchev–Trinajstić information content (AvgIpc) is 2.44. The molecule has 5 heteroatoms. The van der Waals surface area contributed by atoms with Crippen molar-refractivity contribution in [1.29, 1.82) is 5.26 Å². The second kappa shape index (κ2) is 6.26. The summed E-state index contributed by atoms with van der Waals surface area (Å²) < 4.78 is 5.53. The number of benzene rings is 1. The Balaban J connectivity index is 1.79. The molecule has 3 N–H and O–H groups in total. The summed E-state index contributed by atoms with van der Waals surface area (Å²) in [5.74, 6) is 1.40. The first-order valence-corrected chi connectivity index (χ1v) is 5.87. The van der Waals surface area contributed by atoms with Gasteiger partial charge in [0.15, 0.2) is 0 Å². The molecule has 96 valence electrons. The summed E-state index contributed by atoms with van der Waals surface area (Å²) in [5, 5.41) is 11.8. The van der Waals surface area contributed by atoms with Gasteiger partial charge in [-0.05, 0) is 24.3 Å². The number of nitrogens with zero attached hydrogens (tertiary/aromatic N) is 2. The third-order valence-electron chi connectivity index (χ3n) is 2.40. The minimum Gasteiger partial charge on any atom is -0.492 e. The molecule has 0 amide bonds. The molecule has 1 heterocycles. The molecule has 0 aliphatic carbocycles. The van der Waals surface area contributed by atoms with Gasteiger partial charge in [0.2, 0.25) is 0 Å². The molecule has 0 aliphatic heterocycles. The maximum atomic E-state index is 8.73. The lowest BCUT2D eigenvalue weighted by atomic mass is 10.3. The number of hydrogen-bond acceptors (Lipinski definition) is 5. The number of ether oxygens (including phenoxy) is 1. The Morgan fingerprint density at radius 3 is 2.89 bits per heavy atom. The number of aromatic nitrogens is 1. The second-order valence-electron chi connectivity index (χ2n) is 3.87. The van der Waals surface area contributed by atoms with Gasteiger partial charge in [-0.3, -0.25) is 0 Å². The van der Waals surface area contributed by atoms with Crippen molar-refractivity contribution < 1.29 is 4.74 Å². The van der Waals surface area contributed by atoms with Crippen LogP contribution in [0.15, 0.2) is 42.5 Å². The molecule has 2 rings (SSSR count). The van der Waals surface area contributed by atoms with Crippen LogP contribution in [0, 0.1) is 11.3 Å². The number of hydrogen-bond donors (Lipinski definition) is 2. The van der Waals surface area contributed by atoms with Gasteiger partial charge in [0.1, 0.15) is 29.9 Å². The Labute approximate surface area is 111 Å².